The molecular formula is C11H16N4. The highest BCUT2D eigenvalue weighted by atomic mass is 15.4. The Morgan fingerprint density at radius 3 is 2.73 bits per heavy atom. The van der Waals surface area contributed by atoms with Gasteiger partial charge in [0, 0.05) is 25.2 Å². The maximum Gasteiger partial charge on any atom is 0.128 e. The van der Waals surface area contributed by atoms with Crippen LogP contribution in [0.25, 0.3) is 0 Å². The molecule has 0 spiro atoms. The topological polar surface area (TPSA) is 45.4 Å². The number of rotatable bonds is 1. The molecule has 3 rings (SSSR count). The average Bonchev–Trinajstić information content (AvgIpc) is 2.77. The van der Waals surface area contributed by atoms with Crippen molar-refractivity contribution < 1.29 is 0 Å². The molecule has 2 aliphatic rings. The van der Waals surface area contributed by atoms with E-state index in [1.807, 2.05) is 12.1 Å². The second-order valence-electron chi connectivity index (χ2n) is 4.59. The van der Waals surface area contributed by atoms with E-state index in [4.69, 9.17) is 5.73 Å². The smallest absolute Gasteiger partial charge is 0.128 e. The molecule has 80 valence electrons. The number of aromatic nitrogens is 1. The molecule has 3 heterocycles. The standard InChI is InChI=1S/C11H16N4/c1-14-6-10-4-9(14)7-15(10)11-3-2-8(12)5-13-11/h2-3,5,9-10H,4,6-7,12H2,1H3. The highest BCUT2D eigenvalue weighted by Gasteiger charge is 2.41. The number of likely N-dealkylation sites (tertiary alicyclic amines) is 1. The van der Waals surface area contributed by atoms with Gasteiger partial charge in [0.2, 0.25) is 0 Å². The number of fused-ring (bicyclic) bond motifs is 2. The van der Waals surface area contributed by atoms with Gasteiger partial charge >= 0.3 is 0 Å². The first-order chi connectivity index (χ1) is 7.24. The molecule has 4 heteroatoms. The second-order valence-corrected chi connectivity index (χ2v) is 4.59. The summed E-state index contributed by atoms with van der Waals surface area (Å²) in [6, 6.07) is 5.32. The molecule has 2 saturated heterocycles. The van der Waals surface area contributed by atoms with Crippen LogP contribution in [0.5, 0.6) is 0 Å². The number of hydrogen-bond donors (Lipinski definition) is 1. The van der Waals surface area contributed by atoms with Crippen LogP contribution in [-0.4, -0.2) is 42.1 Å². The van der Waals surface area contributed by atoms with E-state index in [-0.39, 0.29) is 0 Å². The van der Waals surface area contributed by atoms with Gasteiger partial charge in [0.25, 0.3) is 0 Å². The molecule has 1 aromatic heterocycles. The number of piperazine rings is 1. The molecule has 2 fully saturated rings. The SMILES string of the molecule is CN1CC2CC1CN2c1ccc(N)cn1. The van der Waals surface area contributed by atoms with Gasteiger partial charge in [-0.25, -0.2) is 4.98 Å². The van der Waals surface area contributed by atoms with Gasteiger partial charge in [0.15, 0.2) is 0 Å². The molecule has 2 aliphatic heterocycles. The van der Waals surface area contributed by atoms with Crippen LogP contribution in [0.1, 0.15) is 6.42 Å². The summed E-state index contributed by atoms with van der Waals surface area (Å²) in [7, 11) is 2.21. The van der Waals surface area contributed by atoms with Crippen molar-refractivity contribution in [3.05, 3.63) is 18.3 Å². The van der Waals surface area contributed by atoms with E-state index in [1.54, 1.807) is 6.20 Å². The third-order valence-electron chi connectivity index (χ3n) is 3.58. The van der Waals surface area contributed by atoms with E-state index in [1.165, 1.54) is 6.42 Å². The predicted molar refractivity (Wildman–Crippen MR) is 60.8 cm³/mol. The zero-order valence-corrected chi connectivity index (χ0v) is 8.93. The normalized spacial score (nSPS) is 30.1. The number of hydrogen-bond acceptors (Lipinski definition) is 4. The lowest BCUT2D eigenvalue weighted by Gasteiger charge is -2.32. The lowest BCUT2D eigenvalue weighted by molar-refractivity contribution is 0.292. The first kappa shape index (κ1) is 8.97. The van der Waals surface area contributed by atoms with Crippen LogP contribution < -0.4 is 10.6 Å². The highest BCUT2D eigenvalue weighted by molar-refractivity contribution is 5.48. The van der Waals surface area contributed by atoms with Crippen LogP contribution in [-0.2, 0) is 0 Å². The number of nitrogens with zero attached hydrogens (tertiary/aromatic N) is 3. The summed E-state index contributed by atoms with van der Waals surface area (Å²) in [5.41, 5.74) is 6.37. The molecule has 0 aromatic carbocycles. The third-order valence-corrected chi connectivity index (χ3v) is 3.58. The summed E-state index contributed by atoms with van der Waals surface area (Å²) in [5.74, 6) is 1.07. The Labute approximate surface area is 89.7 Å². The van der Waals surface area contributed by atoms with Crippen LogP contribution in [0, 0.1) is 0 Å². The molecule has 2 bridgehead atoms. The van der Waals surface area contributed by atoms with Gasteiger partial charge in [-0.15, -0.1) is 0 Å². The summed E-state index contributed by atoms with van der Waals surface area (Å²) < 4.78 is 0. The molecule has 0 aliphatic carbocycles. The second kappa shape index (κ2) is 3.10. The van der Waals surface area contributed by atoms with Gasteiger partial charge in [-0.1, -0.05) is 0 Å². The van der Waals surface area contributed by atoms with Crippen molar-refractivity contribution in [3.8, 4) is 0 Å². The van der Waals surface area contributed by atoms with Crippen molar-refractivity contribution in [2.75, 3.05) is 30.8 Å². The van der Waals surface area contributed by atoms with Gasteiger partial charge in [-0.3, -0.25) is 4.90 Å². The third kappa shape index (κ3) is 1.36. The molecule has 1 aromatic rings. The summed E-state index contributed by atoms with van der Waals surface area (Å²) in [6.07, 6.45) is 3.02. The Kier molecular flexibility index (Phi) is 1.85. The minimum atomic E-state index is 0.649. The van der Waals surface area contributed by atoms with Crippen molar-refractivity contribution in [2.45, 2.75) is 18.5 Å². The van der Waals surface area contributed by atoms with Gasteiger partial charge in [0.05, 0.1) is 11.9 Å². The monoisotopic (exact) mass is 204 g/mol. The highest BCUT2D eigenvalue weighted by Crippen LogP contribution is 2.32. The molecule has 4 nitrogen and oxygen atoms in total. The lowest BCUT2D eigenvalue weighted by Crippen LogP contribution is -2.44. The van der Waals surface area contributed by atoms with E-state index in [9.17, 15) is 0 Å². The zero-order valence-electron chi connectivity index (χ0n) is 8.93. The van der Waals surface area contributed by atoms with Gasteiger partial charge < -0.3 is 10.6 Å². The Morgan fingerprint density at radius 2 is 2.20 bits per heavy atom. The molecule has 2 atom stereocenters. The fourth-order valence-corrected chi connectivity index (χ4v) is 2.71. The van der Waals surface area contributed by atoms with Crippen molar-refractivity contribution in [2.24, 2.45) is 0 Å². The minimum absolute atomic E-state index is 0.649. The summed E-state index contributed by atoms with van der Waals surface area (Å²) in [5, 5.41) is 0. The van der Waals surface area contributed by atoms with Crippen molar-refractivity contribution in [1.82, 2.24) is 9.88 Å². The van der Waals surface area contributed by atoms with Crippen LogP contribution in [0.15, 0.2) is 18.3 Å². The summed E-state index contributed by atoms with van der Waals surface area (Å²) >= 11 is 0. The van der Waals surface area contributed by atoms with Crippen molar-refractivity contribution in [3.63, 3.8) is 0 Å². The molecule has 2 N–H and O–H groups in total. The van der Waals surface area contributed by atoms with Crippen LogP contribution in [0.4, 0.5) is 11.5 Å². The maximum absolute atomic E-state index is 5.63. The molecule has 0 amide bonds. The Hall–Kier alpha value is -1.29. The first-order valence-electron chi connectivity index (χ1n) is 5.42. The van der Waals surface area contributed by atoms with Crippen LogP contribution in [0.2, 0.25) is 0 Å². The first-order valence-corrected chi connectivity index (χ1v) is 5.42. The van der Waals surface area contributed by atoms with Crippen LogP contribution in [0.3, 0.4) is 0 Å². The Balaban J connectivity index is 1.83. The molecular weight excluding hydrogens is 188 g/mol. The van der Waals surface area contributed by atoms with Crippen molar-refractivity contribution in [1.29, 1.82) is 0 Å². The predicted octanol–water partition coefficient (Wildman–Crippen LogP) is 0.556. The Bertz CT molecular complexity index is 359. The molecule has 0 saturated carbocycles. The number of pyridine rings is 1. The maximum atomic E-state index is 5.63. The van der Waals surface area contributed by atoms with E-state index in [0.29, 0.717) is 12.1 Å². The number of nitrogens with two attached hydrogens (primary N) is 1. The number of nitrogen functional groups attached to an aromatic ring is 1. The molecule has 0 radical (unpaired) electrons. The molecule has 15 heavy (non-hydrogen) atoms. The average molecular weight is 204 g/mol. The van der Waals surface area contributed by atoms with Crippen molar-refractivity contribution >= 4 is 11.5 Å². The van der Waals surface area contributed by atoms with Crippen LogP contribution >= 0.6 is 0 Å². The van der Waals surface area contributed by atoms with E-state index < -0.39 is 0 Å². The minimum Gasteiger partial charge on any atom is -0.397 e. The quantitative estimate of drug-likeness (QED) is 0.726. The van der Waals surface area contributed by atoms with Gasteiger partial charge in [-0.05, 0) is 25.6 Å². The summed E-state index contributed by atoms with van der Waals surface area (Å²) in [4.78, 5) is 9.24. The fourth-order valence-electron chi connectivity index (χ4n) is 2.71. The van der Waals surface area contributed by atoms with Gasteiger partial charge in [-0.2, -0.15) is 0 Å². The van der Waals surface area contributed by atoms with E-state index in [0.717, 1.165) is 24.6 Å². The number of anilines is 2. The molecule has 2 unspecified atom stereocenters. The van der Waals surface area contributed by atoms with E-state index in [2.05, 4.69) is 21.8 Å². The largest absolute Gasteiger partial charge is 0.397 e. The lowest BCUT2D eigenvalue weighted by atomic mass is 10.2. The Morgan fingerprint density at radius 1 is 1.33 bits per heavy atom. The fraction of sp³-hybridized carbons (Fsp3) is 0.545. The zero-order chi connectivity index (χ0) is 10.4. The summed E-state index contributed by atoms with van der Waals surface area (Å²) in [6.45, 7) is 2.27. The van der Waals surface area contributed by atoms with E-state index >= 15 is 0 Å². The number of likely N-dealkylation sites (N-methyl/N-ethyl adjacent to an activating group) is 1. The van der Waals surface area contributed by atoms with Gasteiger partial charge in [0.1, 0.15) is 5.82 Å².